The summed E-state index contributed by atoms with van der Waals surface area (Å²) in [5.41, 5.74) is 11.2. The Kier molecular flexibility index (Phi) is 6.42. The summed E-state index contributed by atoms with van der Waals surface area (Å²) in [6.45, 7) is 0. The molecule has 4 heteroatoms. The van der Waals surface area contributed by atoms with Gasteiger partial charge >= 0.3 is 0 Å². The zero-order valence-corrected chi connectivity index (χ0v) is 28.7. The van der Waals surface area contributed by atoms with Gasteiger partial charge in [-0.05, 0) is 65.7 Å². The van der Waals surface area contributed by atoms with Gasteiger partial charge in [0.15, 0.2) is 0 Å². The van der Waals surface area contributed by atoms with Crippen LogP contribution in [0.25, 0.3) is 86.3 Å². The molecule has 0 radical (unpaired) electrons. The van der Waals surface area contributed by atoms with Gasteiger partial charge in [0, 0.05) is 64.2 Å². The lowest BCUT2D eigenvalue weighted by Gasteiger charge is -2.27. The number of anilines is 3. The summed E-state index contributed by atoms with van der Waals surface area (Å²) in [5, 5.41) is 7.01. The van der Waals surface area contributed by atoms with Crippen LogP contribution in [0.15, 0.2) is 185 Å². The van der Waals surface area contributed by atoms with E-state index in [1.807, 2.05) is 35.6 Å². The predicted molar refractivity (Wildman–Crippen MR) is 219 cm³/mol. The third kappa shape index (κ3) is 4.45. The van der Waals surface area contributed by atoms with Crippen molar-refractivity contribution in [1.29, 1.82) is 0 Å². The molecule has 3 heterocycles. The average Bonchev–Trinajstić information content (AvgIpc) is 3.90. The lowest BCUT2D eigenvalue weighted by Crippen LogP contribution is -2.10. The van der Waals surface area contributed by atoms with Crippen molar-refractivity contribution in [3.63, 3.8) is 0 Å². The Morgan fingerprint density at radius 3 is 1.48 bits per heavy atom. The molecule has 52 heavy (non-hydrogen) atoms. The highest BCUT2D eigenvalue weighted by atomic mass is 32.1. The van der Waals surface area contributed by atoms with Crippen LogP contribution >= 0.6 is 11.3 Å². The van der Waals surface area contributed by atoms with Crippen LogP contribution in [-0.2, 0) is 0 Å². The minimum Gasteiger partial charge on any atom is -0.455 e. The molecule has 11 aromatic rings. The highest BCUT2D eigenvalue weighted by molar-refractivity contribution is 7.26. The van der Waals surface area contributed by atoms with Gasteiger partial charge in [0.05, 0.1) is 5.69 Å². The quantitative estimate of drug-likeness (QED) is 0.181. The maximum atomic E-state index is 6.50. The van der Waals surface area contributed by atoms with Crippen LogP contribution in [0, 0.1) is 0 Å². The normalized spacial score (nSPS) is 11.8. The van der Waals surface area contributed by atoms with Gasteiger partial charge in [0.2, 0.25) is 0 Å². The van der Waals surface area contributed by atoms with Gasteiger partial charge in [-0.15, -0.1) is 11.3 Å². The fourth-order valence-electron chi connectivity index (χ4n) is 7.94. The Bertz CT molecular complexity index is 3010. The minimum atomic E-state index is 0.898. The molecule has 0 spiro atoms. The lowest BCUT2D eigenvalue weighted by molar-refractivity contribution is 0.669. The molecule has 3 nitrogen and oxygen atoms in total. The second-order valence-corrected chi connectivity index (χ2v) is 14.3. The van der Waals surface area contributed by atoms with Crippen molar-refractivity contribution >= 4 is 92.4 Å². The summed E-state index contributed by atoms with van der Waals surface area (Å²) in [7, 11) is 0. The predicted octanol–water partition coefficient (Wildman–Crippen LogP) is 14.7. The van der Waals surface area contributed by atoms with Crippen molar-refractivity contribution in [1.82, 2.24) is 0 Å². The third-order valence-electron chi connectivity index (χ3n) is 10.3. The first-order valence-corrected chi connectivity index (χ1v) is 18.3. The molecule has 0 N–H and O–H groups in total. The van der Waals surface area contributed by atoms with Crippen LogP contribution in [0.1, 0.15) is 0 Å². The Morgan fingerprint density at radius 1 is 0.385 bits per heavy atom. The lowest BCUT2D eigenvalue weighted by atomic mass is 9.99. The second-order valence-electron chi connectivity index (χ2n) is 13.2. The molecule has 0 fully saturated rings. The smallest absolute Gasteiger partial charge is 0.143 e. The molecule has 0 saturated heterocycles. The van der Waals surface area contributed by atoms with E-state index in [1.165, 1.54) is 20.2 Å². The average molecular weight is 684 g/mol. The number of para-hydroxylation sites is 4. The van der Waals surface area contributed by atoms with E-state index in [9.17, 15) is 0 Å². The molecule has 0 unspecified atom stereocenters. The SMILES string of the molecule is c1cc(-c2cccc3c2oc2ccccc23)cc(N(c2cccc(-c3cccc4c3oc3ccccc34)c2)c2cccc3sc4ccccc4c23)c1. The molecule has 0 bridgehead atoms. The Labute approximate surface area is 303 Å². The fraction of sp³-hybridized carbons (Fsp3) is 0. The monoisotopic (exact) mass is 683 g/mol. The summed E-state index contributed by atoms with van der Waals surface area (Å²) in [5.74, 6) is 0. The minimum absolute atomic E-state index is 0.898. The van der Waals surface area contributed by atoms with Gasteiger partial charge in [-0.3, -0.25) is 0 Å². The standard InChI is InChI=1S/C48H29NO2S/c1-4-24-42-36(16-1)38-21-9-19-34(47(38)50-42)30-12-7-14-32(28-30)49(41-23-11-27-45-46(41)40-18-3-6-26-44(40)52-45)33-15-8-13-31(29-33)35-20-10-22-39-37-17-2-5-25-43(37)51-48(35)39/h1-29H. The number of hydrogen-bond acceptors (Lipinski definition) is 4. The molecule has 0 amide bonds. The topological polar surface area (TPSA) is 29.5 Å². The van der Waals surface area contributed by atoms with Crippen molar-refractivity contribution in [2.45, 2.75) is 0 Å². The molecule has 244 valence electrons. The number of rotatable bonds is 5. The van der Waals surface area contributed by atoms with Gasteiger partial charge in [0.25, 0.3) is 0 Å². The van der Waals surface area contributed by atoms with E-state index in [1.54, 1.807) is 0 Å². The van der Waals surface area contributed by atoms with Crippen LogP contribution in [0.3, 0.4) is 0 Å². The van der Waals surface area contributed by atoms with Crippen molar-refractivity contribution in [2.24, 2.45) is 0 Å². The maximum Gasteiger partial charge on any atom is 0.143 e. The molecule has 3 aromatic heterocycles. The number of benzene rings is 8. The molecule has 11 rings (SSSR count). The summed E-state index contributed by atoms with van der Waals surface area (Å²) < 4.78 is 15.5. The number of furan rings is 2. The van der Waals surface area contributed by atoms with Crippen molar-refractivity contribution in [3.8, 4) is 22.3 Å². The molecular formula is C48H29NO2S. The van der Waals surface area contributed by atoms with Crippen molar-refractivity contribution in [3.05, 3.63) is 176 Å². The van der Waals surface area contributed by atoms with E-state index in [-0.39, 0.29) is 0 Å². The van der Waals surface area contributed by atoms with E-state index in [0.717, 1.165) is 83.2 Å². The van der Waals surface area contributed by atoms with E-state index in [0.29, 0.717) is 0 Å². The largest absolute Gasteiger partial charge is 0.455 e. The Hall–Kier alpha value is -6.62. The van der Waals surface area contributed by atoms with E-state index >= 15 is 0 Å². The first kappa shape index (κ1) is 29.1. The molecule has 0 aliphatic rings. The van der Waals surface area contributed by atoms with Crippen molar-refractivity contribution < 1.29 is 8.83 Å². The van der Waals surface area contributed by atoms with Crippen LogP contribution in [0.4, 0.5) is 17.1 Å². The zero-order chi connectivity index (χ0) is 34.2. The van der Waals surface area contributed by atoms with Gasteiger partial charge in [-0.25, -0.2) is 0 Å². The Balaban J connectivity index is 1.14. The first-order chi connectivity index (χ1) is 25.8. The van der Waals surface area contributed by atoms with E-state index < -0.39 is 0 Å². The number of fused-ring (bicyclic) bond motifs is 9. The van der Waals surface area contributed by atoms with Crippen LogP contribution in [0.2, 0.25) is 0 Å². The first-order valence-electron chi connectivity index (χ1n) is 17.5. The Morgan fingerprint density at radius 2 is 0.865 bits per heavy atom. The van der Waals surface area contributed by atoms with Gasteiger partial charge in [-0.1, -0.05) is 121 Å². The second kappa shape index (κ2) is 11.5. The number of hydrogen-bond donors (Lipinski definition) is 0. The van der Waals surface area contributed by atoms with Crippen LogP contribution in [0.5, 0.6) is 0 Å². The van der Waals surface area contributed by atoms with Crippen LogP contribution < -0.4 is 4.90 Å². The summed E-state index contributed by atoms with van der Waals surface area (Å²) >= 11 is 1.84. The molecular weight excluding hydrogens is 655 g/mol. The van der Waals surface area contributed by atoms with Crippen molar-refractivity contribution in [2.75, 3.05) is 4.90 Å². The van der Waals surface area contributed by atoms with Gasteiger partial charge < -0.3 is 13.7 Å². The fourth-order valence-corrected chi connectivity index (χ4v) is 9.07. The molecule has 0 atom stereocenters. The van der Waals surface area contributed by atoms with Crippen LogP contribution in [-0.4, -0.2) is 0 Å². The number of thiophene rings is 1. The molecule has 0 saturated carbocycles. The zero-order valence-electron chi connectivity index (χ0n) is 27.9. The molecule has 0 aliphatic heterocycles. The molecule has 8 aromatic carbocycles. The summed E-state index contributed by atoms with van der Waals surface area (Å²) in [6, 6.07) is 62.5. The maximum absolute atomic E-state index is 6.50. The number of nitrogens with zero attached hydrogens (tertiary/aromatic N) is 1. The van der Waals surface area contributed by atoms with E-state index in [2.05, 4.69) is 157 Å². The highest BCUT2D eigenvalue weighted by Gasteiger charge is 2.21. The summed E-state index contributed by atoms with van der Waals surface area (Å²) in [4.78, 5) is 2.41. The third-order valence-corrected chi connectivity index (χ3v) is 11.4. The van der Waals surface area contributed by atoms with Gasteiger partial charge in [0.1, 0.15) is 22.3 Å². The molecule has 0 aliphatic carbocycles. The summed E-state index contributed by atoms with van der Waals surface area (Å²) in [6.07, 6.45) is 0. The van der Waals surface area contributed by atoms with E-state index in [4.69, 9.17) is 8.83 Å². The highest BCUT2D eigenvalue weighted by Crippen LogP contribution is 2.47. The van der Waals surface area contributed by atoms with Gasteiger partial charge in [-0.2, -0.15) is 0 Å².